The Labute approximate surface area is 174 Å². The number of nitrogens with zero attached hydrogens (tertiary/aromatic N) is 3. The van der Waals surface area contributed by atoms with E-state index in [1.54, 1.807) is 0 Å². The van der Waals surface area contributed by atoms with Crippen LogP contribution in [0.1, 0.15) is 57.0 Å². The SMILES string of the molecule is CCCOc1ccc(CN(CCC)C(=O)CCn2nc(C)cc2C)cc1OCC. The molecule has 1 aromatic carbocycles. The normalized spacial score (nSPS) is 10.8. The molecule has 2 aromatic rings. The molecule has 0 N–H and O–H groups in total. The molecule has 0 bridgehead atoms. The standard InChI is InChI=1S/C23H35N3O3/c1-6-12-25(23(27)11-13-26-19(5)15-18(4)24-26)17-20-9-10-21(29-14-7-2)22(16-20)28-8-3/h9-10,15-16H,6-8,11-14,17H2,1-5H3. The van der Waals surface area contributed by atoms with Crippen LogP contribution in [0, 0.1) is 13.8 Å². The molecule has 6 heteroatoms. The van der Waals surface area contributed by atoms with Crippen LogP contribution >= 0.6 is 0 Å². The summed E-state index contributed by atoms with van der Waals surface area (Å²) in [4.78, 5) is 14.8. The third-order valence-corrected chi connectivity index (χ3v) is 4.63. The van der Waals surface area contributed by atoms with Crippen molar-refractivity contribution in [3.05, 3.63) is 41.2 Å². The molecule has 0 unspecified atom stereocenters. The Balaban J connectivity index is 2.07. The summed E-state index contributed by atoms with van der Waals surface area (Å²) in [6.45, 7) is 13.3. The Morgan fingerprint density at radius 3 is 2.48 bits per heavy atom. The van der Waals surface area contributed by atoms with E-state index in [9.17, 15) is 4.79 Å². The average Bonchev–Trinajstić information content (AvgIpc) is 3.02. The van der Waals surface area contributed by atoms with Crippen molar-refractivity contribution < 1.29 is 14.3 Å². The molecule has 160 valence electrons. The van der Waals surface area contributed by atoms with Gasteiger partial charge in [-0.05, 0) is 57.4 Å². The second-order valence-electron chi connectivity index (χ2n) is 7.28. The van der Waals surface area contributed by atoms with Gasteiger partial charge in [-0.25, -0.2) is 0 Å². The molecule has 0 saturated heterocycles. The molecule has 0 spiro atoms. The van der Waals surface area contributed by atoms with Crippen molar-refractivity contribution in [1.82, 2.24) is 14.7 Å². The number of ether oxygens (including phenoxy) is 2. The minimum Gasteiger partial charge on any atom is -0.490 e. The van der Waals surface area contributed by atoms with E-state index >= 15 is 0 Å². The number of carbonyl (C=O) groups excluding carboxylic acids is 1. The van der Waals surface area contributed by atoms with Gasteiger partial charge < -0.3 is 14.4 Å². The zero-order valence-electron chi connectivity index (χ0n) is 18.5. The van der Waals surface area contributed by atoms with Crippen LogP contribution in [0.4, 0.5) is 0 Å². The van der Waals surface area contributed by atoms with E-state index in [0.29, 0.717) is 32.7 Å². The van der Waals surface area contributed by atoms with Gasteiger partial charge in [0, 0.05) is 31.7 Å². The Bertz CT molecular complexity index is 786. The second kappa shape index (κ2) is 11.5. The molecule has 2 rings (SSSR count). The van der Waals surface area contributed by atoms with Crippen molar-refractivity contribution >= 4 is 5.91 Å². The first-order valence-electron chi connectivity index (χ1n) is 10.7. The Morgan fingerprint density at radius 1 is 1.07 bits per heavy atom. The molecule has 0 atom stereocenters. The first-order chi connectivity index (χ1) is 14.0. The quantitative estimate of drug-likeness (QED) is 0.525. The van der Waals surface area contributed by atoms with Gasteiger partial charge in [-0.15, -0.1) is 0 Å². The summed E-state index contributed by atoms with van der Waals surface area (Å²) >= 11 is 0. The number of aromatic nitrogens is 2. The van der Waals surface area contributed by atoms with Crippen molar-refractivity contribution in [2.75, 3.05) is 19.8 Å². The summed E-state index contributed by atoms with van der Waals surface area (Å²) < 4.78 is 13.4. The molecule has 29 heavy (non-hydrogen) atoms. The molecule has 0 aliphatic heterocycles. The molecular formula is C23H35N3O3. The molecule has 1 aromatic heterocycles. The summed E-state index contributed by atoms with van der Waals surface area (Å²) in [7, 11) is 0. The second-order valence-corrected chi connectivity index (χ2v) is 7.28. The van der Waals surface area contributed by atoms with E-state index in [1.807, 2.05) is 54.6 Å². The van der Waals surface area contributed by atoms with Gasteiger partial charge in [0.25, 0.3) is 0 Å². The van der Waals surface area contributed by atoms with Gasteiger partial charge in [0.2, 0.25) is 5.91 Å². The zero-order chi connectivity index (χ0) is 21.2. The maximum Gasteiger partial charge on any atom is 0.224 e. The molecule has 1 heterocycles. The average molecular weight is 402 g/mol. The summed E-state index contributed by atoms with van der Waals surface area (Å²) in [6.07, 6.45) is 2.31. The molecule has 1 amide bonds. The van der Waals surface area contributed by atoms with Gasteiger partial charge in [-0.2, -0.15) is 5.10 Å². The maximum absolute atomic E-state index is 12.9. The molecule has 0 fully saturated rings. The number of benzene rings is 1. The van der Waals surface area contributed by atoms with E-state index in [-0.39, 0.29) is 5.91 Å². The minimum atomic E-state index is 0.142. The predicted molar refractivity (Wildman–Crippen MR) is 115 cm³/mol. The molecule has 0 aliphatic carbocycles. The van der Waals surface area contributed by atoms with Crippen LogP contribution in [-0.4, -0.2) is 40.3 Å². The van der Waals surface area contributed by atoms with Gasteiger partial charge >= 0.3 is 0 Å². The van der Waals surface area contributed by atoms with Crippen LogP contribution in [0.5, 0.6) is 11.5 Å². The zero-order valence-corrected chi connectivity index (χ0v) is 18.5. The lowest BCUT2D eigenvalue weighted by Gasteiger charge is -2.23. The number of rotatable bonds is 12. The summed E-state index contributed by atoms with van der Waals surface area (Å²) in [5, 5.41) is 4.45. The van der Waals surface area contributed by atoms with Gasteiger partial charge in [0.15, 0.2) is 11.5 Å². The van der Waals surface area contributed by atoms with Crippen LogP contribution in [0.3, 0.4) is 0 Å². The lowest BCUT2D eigenvalue weighted by Crippen LogP contribution is -2.32. The van der Waals surface area contributed by atoms with E-state index in [4.69, 9.17) is 9.47 Å². The van der Waals surface area contributed by atoms with E-state index < -0.39 is 0 Å². The van der Waals surface area contributed by atoms with Gasteiger partial charge in [-0.1, -0.05) is 19.9 Å². The molecule has 6 nitrogen and oxygen atoms in total. The topological polar surface area (TPSA) is 56.6 Å². The first kappa shape index (κ1) is 22.8. The third-order valence-electron chi connectivity index (χ3n) is 4.63. The summed E-state index contributed by atoms with van der Waals surface area (Å²) in [6, 6.07) is 7.99. The van der Waals surface area contributed by atoms with Crippen molar-refractivity contribution in [3.8, 4) is 11.5 Å². The molecule has 0 aliphatic rings. The van der Waals surface area contributed by atoms with Crippen molar-refractivity contribution in [1.29, 1.82) is 0 Å². The number of carbonyl (C=O) groups is 1. The number of hydrogen-bond donors (Lipinski definition) is 0. The highest BCUT2D eigenvalue weighted by atomic mass is 16.5. The Kier molecular flexibility index (Phi) is 9.03. The largest absolute Gasteiger partial charge is 0.490 e. The van der Waals surface area contributed by atoms with Crippen LogP contribution < -0.4 is 9.47 Å². The first-order valence-corrected chi connectivity index (χ1v) is 10.7. The predicted octanol–water partition coefficient (Wildman–Crippen LogP) is 4.52. The van der Waals surface area contributed by atoms with Crippen molar-refractivity contribution in [2.24, 2.45) is 0 Å². The fourth-order valence-electron chi connectivity index (χ4n) is 3.29. The Morgan fingerprint density at radius 2 is 1.86 bits per heavy atom. The lowest BCUT2D eigenvalue weighted by molar-refractivity contribution is -0.132. The third kappa shape index (κ3) is 6.80. The lowest BCUT2D eigenvalue weighted by atomic mass is 10.1. The summed E-state index contributed by atoms with van der Waals surface area (Å²) in [5.41, 5.74) is 3.11. The van der Waals surface area contributed by atoms with Crippen LogP contribution in [0.2, 0.25) is 0 Å². The van der Waals surface area contributed by atoms with E-state index in [2.05, 4.69) is 18.9 Å². The summed E-state index contributed by atoms with van der Waals surface area (Å²) in [5.74, 6) is 1.64. The highest BCUT2D eigenvalue weighted by Gasteiger charge is 2.16. The fraction of sp³-hybridized carbons (Fsp3) is 0.565. The van der Waals surface area contributed by atoms with Crippen molar-refractivity contribution in [3.63, 3.8) is 0 Å². The van der Waals surface area contributed by atoms with E-state index in [0.717, 1.165) is 47.8 Å². The Hall–Kier alpha value is -2.50. The highest BCUT2D eigenvalue weighted by molar-refractivity contribution is 5.76. The number of aryl methyl sites for hydroxylation is 3. The van der Waals surface area contributed by atoms with Gasteiger partial charge in [0.05, 0.1) is 18.9 Å². The van der Waals surface area contributed by atoms with Gasteiger partial charge in [0.1, 0.15) is 0 Å². The van der Waals surface area contributed by atoms with E-state index in [1.165, 1.54) is 0 Å². The maximum atomic E-state index is 12.9. The van der Waals surface area contributed by atoms with Crippen molar-refractivity contribution in [2.45, 2.75) is 67.0 Å². The van der Waals surface area contributed by atoms with Crippen LogP contribution in [0.15, 0.2) is 24.3 Å². The van der Waals surface area contributed by atoms with Gasteiger partial charge in [-0.3, -0.25) is 9.48 Å². The molecule has 0 saturated carbocycles. The molecular weight excluding hydrogens is 366 g/mol. The van der Waals surface area contributed by atoms with Crippen LogP contribution in [0.25, 0.3) is 0 Å². The monoisotopic (exact) mass is 401 g/mol. The fourth-order valence-corrected chi connectivity index (χ4v) is 3.29. The smallest absolute Gasteiger partial charge is 0.224 e. The number of amides is 1. The highest BCUT2D eigenvalue weighted by Crippen LogP contribution is 2.29. The molecule has 0 radical (unpaired) electrons. The number of hydrogen-bond acceptors (Lipinski definition) is 4. The van der Waals surface area contributed by atoms with Crippen LogP contribution in [-0.2, 0) is 17.9 Å². The minimum absolute atomic E-state index is 0.142.